The number of ether oxygens (including phenoxy) is 2. The molecule has 27 heavy (non-hydrogen) atoms. The molecule has 149 valence electrons. The molecule has 0 bridgehead atoms. The molecule has 1 saturated carbocycles. The zero-order valence-electron chi connectivity index (χ0n) is 17.1. The van der Waals surface area contributed by atoms with Crippen molar-refractivity contribution in [3.8, 4) is 11.5 Å². The molecule has 3 atom stereocenters. The van der Waals surface area contributed by atoms with Gasteiger partial charge in [-0.05, 0) is 57.2 Å². The van der Waals surface area contributed by atoms with Crippen LogP contribution in [0.2, 0.25) is 0 Å². The van der Waals surface area contributed by atoms with Crippen molar-refractivity contribution in [2.75, 3.05) is 26.8 Å². The number of likely N-dealkylation sites (tertiary alicyclic amines) is 1. The van der Waals surface area contributed by atoms with E-state index in [1.807, 2.05) is 43.9 Å². The Balaban J connectivity index is 1.89. The van der Waals surface area contributed by atoms with E-state index in [9.17, 15) is 9.90 Å². The zero-order valence-corrected chi connectivity index (χ0v) is 17.1. The SMILES string of the molecule is COc1ccc([C@@H]2CN(C(=O)[C](C)C)C[C@@]2(C)[C@@H](C)O)cc1OCC1CC1. The highest BCUT2D eigenvalue weighted by molar-refractivity contribution is 5.89. The van der Waals surface area contributed by atoms with Gasteiger partial charge < -0.3 is 19.5 Å². The Hall–Kier alpha value is -1.75. The summed E-state index contributed by atoms with van der Waals surface area (Å²) in [4.78, 5) is 14.4. The van der Waals surface area contributed by atoms with Crippen LogP contribution in [0.4, 0.5) is 0 Å². The fourth-order valence-electron chi connectivity index (χ4n) is 3.91. The molecule has 1 amide bonds. The number of hydrogen-bond acceptors (Lipinski definition) is 4. The van der Waals surface area contributed by atoms with Gasteiger partial charge in [0, 0.05) is 24.4 Å². The average Bonchev–Trinajstić information content (AvgIpc) is 3.40. The number of aliphatic hydroxyl groups excluding tert-OH is 1. The lowest BCUT2D eigenvalue weighted by Gasteiger charge is -2.34. The normalized spacial score (nSPS) is 26.3. The van der Waals surface area contributed by atoms with Crippen molar-refractivity contribution < 1.29 is 19.4 Å². The van der Waals surface area contributed by atoms with Gasteiger partial charge in [-0.25, -0.2) is 0 Å². The average molecular weight is 375 g/mol. The van der Waals surface area contributed by atoms with Gasteiger partial charge in [-0.2, -0.15) is 0 Å². The Bertz CT molecular complexity index is 683. The maximum atomic E-state index is 12.5. The zero-order chi connectivity index (χ0) is 19.8. The van der Waals surface area contributed by atoms with E-state index >= 15 is 0 Å². The molecule has 2 fully saturated rings. The minimum absolute atomic E-state index is 0.0370. The van der Waals surface area contributed by atoms with Crippen LogP contribution in [0.1, 0.15) is 52.0 Å². The first-order chi connectivity index (χ1) is 12.8. The molecule has 2 aliphatic rings. The first-order valence-corrected chi connectivity index (χ1v) is 9.84. The van der Waals surface area contributed by atoms with E-state index in [4.69, 9.17) is 9.47 Å². The fraction of sp³-hybridized carbons (Fsp3) is 0.636. The second kappa shape index (κ2) is 7.70. The van der Waals surface area contributed by atoms with Crippen LogP contribution in [-0.2, 0) is 4.79 Å². The lowest BCUT2D eigenvalue weighted by atomic mass is 9.72. The number of rotatable bonds is 7. The third-order valence-corrected chi connectivity index (χ3v) is 6.16. The third kappa shape index (κ3) is 4.08. The van der Waals surface area contributed by atoms with Gasteiger partial charge in [-0.3, -0.25) is 4.79 Å². The molecule has 1 heterocycles. The summed E-state index contributed by atoms with van der Waals surface area (Å²) in [5.74, 6) is 2.99. The molecule has 3 rings (SSSR count). The van der Waals surface area contributed by atoms with Crippen molar-refractivity contribution in [3.63, 3.8) is 0 Å². The molecule has 1 radical (unpaired) electrons. The highest BCUT2D eigenvalue weighted by atomic mass is 16.5. The lowest BCUT2D eigenvalue weighted by Crippen LogP contribution is -2.38. The molecule has 0 aromatic heterocycles. The summed E-state index contributed by atoms with van der Waals surface area (Å²) in [5.41, 5.74) is 0.669. The molecule has 1 aliphatic carbocycles. The van der Waals surface area contributed by atoms with Gasteiger partial charge >= 0.3 is 0 Å². The van der Waals surface area contributed by atoms with E-state index in [2.05, 4.69) is 6.92 Å². The van der Waals surface area contributed by atoms with Crippen LogP contribution >= 0.6 is 0 Å². The summed E-state index contributed by atoms with van der Waals surface area (Å²) in [7, 11) is 1.65. The maximum absolute atomic E-state index is 12.5. The molecule has 0 spiro atoms. The van der Waals surface area contributed by atoms with Crippen molar-refractivity contribution in [3.05, 3.63) is 29.7 Å². The molecule has 1 saturated heterocycles. The number of carbonyl (C=O) groups is 1. The smallest absolute Gasteiger partial charge is 0.229 e. The van der Waals surface area contributed by atoms with E-state index in [1.165, 1.54) is 12.8 Å². The van der Waals surface area contributed by atoms with Crippen molar-refractivity contribution in [1.29, 1.82) is 0 Å². The Morgan fingerprint density at radius 1 is 1.33 bits per heavy atom. The molecule has 1 aromatic rings. The van der Waals surface area contributed by atoms with Crippen LogP contribution in [0.25, 0.3) is 0 Å². The van der Waals surface area contributed by atoms with Gasteiger partial charge in [0.25, 0.3) is 0 Å². The van der Waals surface area contributed by atoms with Crippen molar-refractivity contribution in [1.82, 2.24) is 4.90 Å². The Kier molecular flexibility index (Phi) is 5.71. The number of benzene rings is 1. The van der Waals surface area contributed by atoms with Crippen LogP contribution in [0, 0.1) is 17.3 Å². The summed E-state index contributed by atoms with van der Waals surface area (Å²) >= 11 is 0. The molecule has 5 heteroatoms. The number of methoxy groups -OCH3 is 1. The predicted molar refractivity (Wildman–Crippen MR) is 105 cm³/mol. The summed E-state index contributed by atoms with van der Waals surface area (Å²) in [6.45, 7) is 9.42. The molecule has 1 aromatic carbocycles. The van der Waals surface area contributed by atoms with Crippen molar-refractivity contribution in [2.45, 2.75) is 52.6 Å². The van der Waals surface area contributed by atoms with Gasteiger partial charge in [0.1, 0.15) is 0 Å². The van der Waals surface area contributed by atoms with Gasteiger partial charge in [0.15, 0.2) is 11.5 Å². The monoisotopic (exact) mass is 374 g/mol. The first kappa shape index (κ1) is 20.0. The molecule has 1 aliphatic heterocycles. The maximum Gasteiger partial charge on any atom is 0.229 e. The van der Waals surface area contributed by atoms with Crippen LogP contribution in [-0.4, -0.2) is 48.8 Å². The Labute approximate surface area is 162 Å². The fourth-order valence-corrected chi connectivity index (χ4v) is 3.91. The largest absolute Gasteiger partial charge is 0.493 e. The summed E-state index contributed by atoms with van der Waals surface area (Å²) in [5, 5.41) is 10.5. The second-order valence-electron chi connectivity index (χ2n) is 8.58. The minimum Gasteiger partial charge on any atom is -0.493 e. The van der Waals surface area contributed by atoms with E-state index in [-0.39, 0.29) is 11.8 Å². The number of aliphatic hydroxyl groups is 1. The van der Waals surface area contributed by atoms with Crippen molar-refractivity contribution >= 4 is 5.91 Å². The van der Waals surface area contributed by atoms with E-state index in [1.54, 1.807) is 7.11 Å². The Morgan fingerprint density at radius 2 is 2.04 bits per heavy atom. The first-order valence-electron chi connectivity index (χ1n) is 9.84. The number of hydrogen-bond donors (Lipinski definition) is 1. The van der Waals surface area contributed by atoms with Gasteiger partial charge in [0.2, 0.25) is 5.91 Å². The number of amides is 1. The van der Waals surface area contributed by atoms with Crippen LogP contribution < -0.4 is 9.47 Å². The summed E-state index contributed by atoms with van der Waals surface area (Å²) < 4.78 is 11.5. The predicted octanol–water partition coefficient (Wildman–Crippen LogP) is 3.41. The summed E-state index contributed by atoms with van der Waals surface area (Å²) in [6.07, 6.45) is 1.93. The highest BCUT2D eigenvalue weighted by Crippen LogP contribution is 2.47. The highest BCUT2D eigenvalue weighted by Gasteiger charge is 2.48. The topological polar surface area (TPSA) is 59.0 Å². The molecular formula is C22H32NO4. The van der Waals surface area contributed by atoms with Crippen LogP contribution in [0.5, 0.6) is 11.5 Å². The van der Waals surface area contributed by atoms with E-state index < -0.39 is 11.5 Å². The third-order valence-electron chi connectivity index (χ3n) is 6.16. The molecular weight excluding hydrogens is 342 g/mol. The van der Waals surface area contributed by atoms with Gasteiger partial charge in [0.05, 0.1) is 25.7 Å². The minimum atomic E-state index is -0.532. The van der Waals surface area contributed by atoms with Crippen LogP contribution in [0.3, 0.4) is 0 Å². The lowest BCUT2D eigenvalue weighted by molar-refractivity contribution is -0.128. The van der Waals surface area contributed by atoms with Crippen LogP contribution in [0.15, 0.2) is 18.2 Å². The molecule has 1 N–H and O–H groups in total. The second-order valence-corrected chi connectivity index (χ2v) is 8.58. The molecule has 5 nitrogen and oxygen atoms in total. The molecule has 0 unspecified atom stereocenters. The van der Waals surface area contributed by atoms with Crippen molar-refractivity contribution in [2.24, 2.45) is 11.3 Å². The van der Waals surface area contributed by atoms with Gasteiger partial charge in [-0.1, -0.05) is 13.0 Å². The van der Waals surface area contributed by atoms with Gasteiger partial charge in [-0.15, -0.1) is 0 Å². The Morgan fingerprint density at radius 3 is 2.59 bits per heavy atom. The quantitative estimate of drug-likeness (QED) is 0.795. The van der Waals surface area contributed by atoms with E-state index in [0.717, 1.165) is 23.0 Å². The standard InChI is InChI=1S/C22H32NO4/c1-14(2)21(25)23-11-18(22(4,13-23)15(3)24)17-8-9-19(26-5)20(10-17)27-12-16-6-7-16/h8-10,15-16,18,24H,6-7,11-13H2,1-5H3/t15-,18+,22+/m1/s1. The summed E-state index contributed by atoms with van der Waals surface area (Å²) in [6, 6.07) is 6.00. The number of nitrogens with zero attached hydrogens (tertiary/aromatic N) is 1. The van der Waals surface area contributed by atoms with E-state index in [0.29, 0.717) is 25.6 Å². The number of carbonyl (C=O) groups excluding carboxylic acids is 1.